The van der Waals surface area contributed by atoms with Gasteiger partial charge in [-0.2, -0.15) is 0 Å². The Balaban J connectivity index is 0. The zero-order valence-electron chi connectivity index (χ0n) is 6.13. The Morgan fingerprint density at radius 1 is 1.60 bits per heavy atom. The third-order valence-corrected chi connectivity index (χ3v) is 1.30. The van der Waals surface area contributed by atoms with Gasteiger partial charge >= 0.3 is 0 Å². The molecule has 0 amide bonds. The summed E-state index contributed by atoms with van der Waals surface area (Å²) in [7, 11) is 0. The molecule has 1 atom stereocenters. The highest BCUT2D eigenvalue weighted by Crippen LogP contribution is 2.04. The molecule has 0 unspecified atom stereocenters. The van der Waals surface area contributed by atoms with Gasteiger partial charge < -0.3 is 5.73 Å². The van der Waals surface area contributed by atoms with E-state index in [-0.39, 0.29) is 12.4 Å². The second kappa shape index (κ2) is 5.96. The standard InChI is InChI=1S/C6H12ClNO.ClH/c1-4(2)3-5(8)6(7)9;/h4-5H,3,8H2,1-2H3;1H/t5-;/m0./s1. The number of nitrogens with two attached hydrogens (primary N) is 1. The molecule has 0 saturated carbocycles. The maximum absolute atomic E-state index is 10.3. The van der Waals surface area contributed by atoms with Crippen molar-refractivity contribution in [3.05, 3.63) is 0 Å². The quantitative estimate of drug-likeness (QED) is 0.679. The molecule has 0 saturated heterocycles. The topological polar surface area (TPSA) is 43.1 Å². The van der Waals surface area contributed by atoms with Crippen LogP contribution in [0.15, 0.2) is 0 Å². The minimum atomic E-state index is -0.480. The lowest BCUT2D eigenvalue weighted by Crippen LogP contribution is -2.28. The van der Waals surface area contributed by atoms with E-state index < -0.39 is 11.3 Å². The number of hydrogen-bond acceptors (Lipinski definition) is 2. The molecule has 2 nitrogen and oxygen atoms in total. The molecule has 2 N–H and O–H groups in total. The molecule has 0 heterocycles. The number of carbonyl (C=O) groups is 1. The molecule has 0 aliphatic heterocycles. The molecule has 0 aliphatic rings. The van der Waals surface area contributed by atoms with Crippen molar-refractivity contribution in [2.45, 2.75) is 26.3 Å². The van der Waals surface area contributed by atoms with Gasteiger partial charge in [0.25, 0.3) is 0 Å². The van der Waals surface area contributed by atoms with E-state index in [2.05, 4.69) is 0 Å². The van der Waals surface area contributed by atoms with Crippen LogP contribution in [-0.2, 0) is 4.79 Å². The smallest absolute Gasteiger partial charge is 0.238 e. The first kappa shape index (κ1) is 12.8. The molecule has 0 aliphatic carbocycles. The maximum atomic E-state index is 10.3. The molecule has 0 rings (SSSR count). The molecule has 0 aromatic rings. The fourth-order valence-corrected chi connectivity index (χ4v) is 0.690. The summed E-state index contributed by atoms with van der Waals surface area (Å²) < 4.78 is 0. The Hall–Kier alpha value is 0.210. The van der Waals surface area contributed by atoms with E-state index in [1.54, 1.807) is 0 Å². The highest BCUT2D eigenvalue weighted by atomic mass is 35.5. The lowest BCUT2D eigenvalue weighted by atomic mass is 10.1. The van der Waals surface area contributed by atoms with Crippen molar-refractivity contribution < 1.29 is 4.79 Å². The molecule has 0 fully saturated rings. The summed E-state index contributed by atoms with van der Waals surface area (Å²) in [5.74, 6) is 0.433. The first-order chi connectivity index (χ1) is 4.04. The highest BCUT2D eigenvalue weighted by molar-refractivity contribution is 6.64. The second-order valence-electron chi connectivity index (χ2n) is 2.54. The van der Waals surface area contributed by atoms with Crippen molar-refractivity contribution in [2.24, 2.45) is 11.7 Å². The van der Waals surface area contributed by atoms with E-state index in [1.807, 2.05) is 13.8 Å². The summed E-state index contributed by atoms with van der Waals surface area (Å²) >= 11 is 5.11. The van der Waals surface area contributed by atoms with Crippen LogP contribution in [0.4, 0.5) is 0 Å². The summed E-state index contributed by atoms with van der Waals surface area (Å²) in [5.41, 5.74) is 5.34. The van der Waals surface area contributed by atoms with Crippen molar-refractivity contribution in [3.8, 4) is 0 Å². The van der Waals surface area contributed by atoms with E-state index in [1.165, 1.54) is 0 Å². The Bertz CT molecular complexity index is 106. The van der Waals surface area contributed by atoms with Crippen LogP contribution in [0.3, 0.4) is 0 Å². The van der Waals surface area contributed by atoms with Crippen molar-refractivity contribution in [2.75, 3.05) is 0 Å². The number of rotatable bonds is 3. The molecule has 0 radical (unpaired) electrons. The summed E-state index contributed by atoms with van der Waals surface area (Å²) in [6.45, 7) is 4.00. The molecule has 10 heavy (non-hydrogen) atoms. The second-order valence-corrected chi connectivity index (χ2v) is 2.91. The molecule has 4 heteroatoms. The average molecular weight is 186 g/mol. The van der Waals surface area contributed by atoms with Gasteiger partial charge in [-0.25, -0.2) is 0 Å². The average Bonchev–Trinajstić information content (AvgIpc) is 1.63. The summed E-state index contributed by atoms with van der Waals surface area (Å²) in [6, 6.07) is -0.480. The van der Waals surface area contributed by atoms with Crippen molar-refractivity contribution in [1.82, 2.24) is 0 Å². The zero-order chi connectivity index (χ0) is 7.44. The summed E-state index contributed by atoms with van der Waals surface area (Å²) in [4.78, 5) is 10.3. The molecule has 62 valence electrons. The van der Waals surface area contributed by atoms with E-state index in [4.69, 9.17) is 17.3 Å². The Kier molecular flexibility index (Phi) is 7.65. The Morgan fingerprint density at radius 2 is 2.00 bits per heavy atom. The summed E-state index contributed by atoms with van der Waals surface area (Å²) in [6.07, 6.45) is 0.669. The van der Waals surface area contributed by atoms with Gasteiger partial charge in [0.2, 0.25) is 5.24 Å². The van der Waals surface area contributed by atoms with Gasteiger partial charge in [0.15, 0.2) is 0 Å². The molecule has 0 aromatic heterocycles. The largest absolute Gasteiger partial charge is 0.320 e. The van der Waals surface area contributed by atoms with Gasteiger partial charge in [0, 0.05) is 0 Å². The Labute approximate surface area is 72.5 Å². The van der Waals surface area contributed by atoms with Gasteiger partial charge in [-0.15, -0.1) is 12.4 Å². The first-order valence-electron chi connectivity index (χ1n) is 2.99. The number of halogens is 2. The summed E-state index contributed by atoms with van der Waals surface area (Å²) in [5, 5.41) is -0.441. The van der Waals surface area contributed by atoms with Gasteiger partial charge in [0.05, 0.1) is 6.04 Å². The third kappa shape index (κ3) is 6.33. The molecule has 0 bridgehead atoms. The first-order valence-corrected chi connectivity index (χ1v) is 3.36. The predicted molar refractivity (Wildman–Crippen MR) is 45.5 cm³/mol. The van der Waals surface area contributed by atoms with Crippen molar-refractivity contribution in [3.63, 3.8) is 0 Å². The van der Waals surface area contributed by atoms with Crippen LogP contribution in [0.1, 0.15) is 20.3 Å². The highest BCUT2D eigenvalue weighted by Gasteiger charge is 2.10. The van der Waals surface area contributed by atoms with Gasteiger partial charge in [-0.05, 0) is 23.9 Å². The fraction of sp³-hybridized carbons (Fsp3) is 0.833. The number of hydrogen-bond donors (Lipinski definition) is 1. The molecular formula is C6H13Cl2NO. The van der Waals surface area contributed by atoms with E-state index in [0.29, 0.717) is 12.3 Å². The van der Waals surface area contributed by atoms with Crippen LogP contribution in [0.25, 0.3) is 0 Å². The predicted octanol–water partition coefficient (Wildman–Crippen LogP) is 1.55. The number of carbonyl (C=O) groups excluding carboxylic acids is 1. The van der Waals surface area contributed by atoms with Gasteiger partial charge in [-0.1, -0.05) is 13.8 Å². The molecular weight excluding hydrogens is 173 g/mol. The van der Waals surface area contributed by atoms with Crippen LogP contribution in [-0.4, -0.2) is 11.3 Å². The Morgan fingerprint density at radius 3 is 2.10 bits per heavy atom. The van der Waals surface area contributed by atoms with Crippen molar-refractivity contribution >= 4 is 29.3 Å². The van der Waals surface area contributed by atoms with Crippen LogP contribution < -0.4 is 5.73 Å². The van der Waals surface area contributed by atoms with Gasteiger partial charge in [0.1, 0.15) is 0 Å². The van der Waals surface area contributed by atoms with Crippen LogP contribution in [0.5, 0.6) is 0 Å². The van der Waals surface area contributed by atoms with Crippen molar-refractivity contribution in [1.29, 1.82) is 0 Å². The molecule has 0 spiro atoms. The SMILES string of the molecule is CC(C)C[C@H](N)C(=O)Cl.Cl. The molecule has 0 aromatic carbocycles. The van der Waals surface area contributed by atoms with Crippen LogP contribution >= 0.6 is 24.0 Å². The lowest BCUT2D eigenvalue weighted by molar-refractivity contribution is -0.113. The van der Waals surface area contributed by atoms with Crippen LogP contribution in [0.2, 0.25) is 0 Å². The maximum Gasteiger partial charge on any atom is 0.238 e. The van der Waals surface area contributed by atoms with Crippen LogP contribution in [0, 0.1) is 5.92 Å². The minimum Gasteiger partial charge on any atom is -0.320 e. The zero-order valence-corrected chi connectivity index (χ0v) is 7.71. The van der Waals surface area contributed by atoms with E-state index >= 15 is 0 Å². The minimum absolute atomic E-state index is 0. The van der Waals surface area contributed by atoms with Gasteiger partial charge in [-0.3, -0.25) is 4.79 Å². The van der Waals surface area contributed by atoms with E-state index in [9.17, 15) is 4.79 Å². The monoisotopic (exact) mass is 185 g/mol. The lowest BCUT2D eigenvalue weighted by Gasteiger charge is -2.07. The third-order valence-electron chi connectivity index (χ3n) is 1.02. The fourth-order valence-electron chi connectivity index (χ4n) is 0.601. The van der Waals surface area contributed by atoms with E-state index in [0.717, 1.165) is 0 Å². The normalized spacial score (nSPS) is 12.5.